The molecule has 1 atom stereocenters. The number of piperidine rings is 1. The van der Waals surface area contributed by atoms with Gasteiger partial charge in [0, 0.05) is 19.5 Å². The molecule has 4 nitrogen and oxygen atoms in total. The Balaban J connectivity index is 1.57. The molecule has 1 amide bonds. The Morgan fingerprint density at radius 3 is 2.62 bits per heavy atom. The zero-order valence-corrected chi connectivity index (χ0v) is 14.0. The summed E-state index contributed by atoms with van der Waals surface area (Å²) in [5.41, 5.74) is 0. The minimum atomic E-state index is -0.440. The lowest BCUT2D eigenvalue weighted by Crippen LogP contribution is -2.43. The van der Waals surface area contributed by atoms with E-state index in [2.05, 4.69) is 17.1 Å². The van der Waals surface area contributed by atoms with Crippen LogP contribution in [0.25, 0.3) is 0 Å². The average Bonchev–Trinajstić information content (AvgIpc) is 2.49. The third kappa shape index (κ3) is 6.57. The Morgan fingerprint density at radius 2 is 1.95 bits per heavy atom. The molecule has 1 unspecified atom stereocenters. The van der Waals surface area contributed by atoms with Crippen molar-refractivity contribution in [3.63, 3.8) is 0 Å². The molecule has 0 radical (unpaired) electrons. The van der Waals surface area contributed by atoms with Crippen LogP contribution >= 0.6 is 11.8 Å². The first kappa shape index (κ1) is 17.1. The third-order valence-corrected chi connectivity index (χ3v) is 5.74. The standard InChI is InChI=1S/C16H30N2O2S/c1-13-2-6-18(7-3-13)12-15(19)11-17-16(20)10-14-4-8-21-9-5-14/h13-15,19H,2-12H2,1H3,(H,17,20). The summed E-state index contributed by atoms with van der Waals surface area (Å²) in [6.07, 6.45) is 4.95. The van der Waals surface area contributed by atoms with E-state index in [0.29, 0.717) is 25.4 Å². The van der Waals surface area contributed by atoms with E-state index in [9.17, 15) is 9.90 Å². The summed E-state index contributed by atoms with van der Waals surface area (Å²) < 4.78 is 0. The number of hydrogen-bond donors (Lipinski definition) is 2. The lowest BCUT2D eigenvalue weighted by atomic mass is 9.98. The topological polar surface area (TPSA) is 52.6 Å². The molecule has 122 valence electrons. The van der Waals surface area contributed by atoms with Gasteiger partial charge in [0.2, 0.25) is 5.91 Å². The summed E-state index contributed by atoms with van der Waals surface area (Å²) in [5.74, 6) is 3.85. The van der Waals surface area contributed by atoms with Crippen molar-refractivity contribution in [2.24, 2.45) is 11.8 Å². The summed E-state index contributed by atoms with van der Waals surface area (Å²) in [4.78, 5) is 14.2. The van der Waals surface area contributed by atoms with E-state index in [1.165, 1.54) is 24.3 Å². The molecule has 0 saturated carbocycles. The fourth-order valence-corrected chi connectivity index (χ4v) is 4.33. The second-order valence-electron chi connectivity index (χ2n) is 6.70. The smallest absolute Gasteiger partial charge is 0.220 e. The highest BCUT2D eigenvalue weighted by atomic mass is 32.2. The maximum atomic E-state index is 11.9. The number of nitrogens with one attached hydrogen (secondary N) is 1. The molecule has 0 spiro atoms. The van der Waals surface area contributed by atoms with Gasteiger partial charge in [-0.3, -0.25) is 4.79 Å². The second kappa shape index (κ2) is 9.01. The van der Waals surface area contributed by atoms with Gasteiger partial charge in [0.25, 0.3) is 0 Å². The number of nitrogens with zero attached hydrogens (tertiary/aromatic N) is 1. The molecule has 2 heterocycles. The number of rotatable bonds is 6. The number of hydrogen-bond acceptors (Lipinski definition) is 4. The van der Waals surface area contributed by atoms with E-state index in [1.54, 1.807) is 0 Å². The van der Waals surface area contributed by atoms with Crippen molar-refractivity contribution in [2.45, 2.75) is 45.1 Å². The molecule has 2 N–H and O–H groups in total. The number of carbonyl (C=O) groups is 1. The van der Waals surface area contributed by atoms with Crippen molar-refractivity contribution in [3.05, 3.63) is 0 Å². The van der Waals surface area contributed by atoms with Crippen LogP contribution in [0.5, 0.6) is 0 Å². The summed E-state index contributed by atoms with van der Waals surface area (Å²) in [6, 6.07) is 0. The van der Waals surface area contributed by atoms with Gasteiger partial charge in [0.1, 0.15) is 0 Å². The zero-order chi connectivity index (χ0) is 15.1. The van der Waals surface area contributed by atoms with E-state index in [-0.39, 0.29) is 5.91 Å². The number of likely N-dealkylation sites (tertiary alicyclic amines) is 1. The molecule has 0 aliphatic carbocycles. The molecule has 5 heteroatoms. The third-order valence-electron chi connectivity index (χ3n) is 4.70. The first-order chi connectivity index (χ1) is 10.1. The molecule has 0 bridgehead atoms. The Morgan fingerprint density at radius 1 is 1.29 bits per heavy atom. The fraction of sp³-hybridized carbons (Fsp3) is 0.938. The van der Waals surface area contributed by atoms with Gasteiger partial charge in [0.15, 0.2) is 0 Å². The molecule has 0 aromatic carbocycles. The fourth-order valence-electron chi connectivity index (χ4n) is 3.12. The number of aliphatic hydroxyl groups excluding tert-OH is 1. The van der Waals surface area contributed by atoms with Crippen molar-refractivity contribution in [3.8, 4) is 0 Å². The molecule has 0 aromatic heterocycles. The Kier molecular flexibility index (Phi) is 7.34. The van der Waals surface area contributed by atoms with Crippen molar-refractivity contribution in [1.29, 1.82) is 0 Å². The molecular weight excluding hydrogens is 284 g/mol. The molecule has 2 fully saturated rings. The number of thioether (sulfide) groups is 1. The Labute approximate surface area is 133 Å². The summed E-state index contributed by atoms with van der Waals surface area (Å²) >= 11 is 1.99. The van der Waals surface area contributed by atoms with Crippen molar-refractivity contribution in [1.82, 2.24) is 10.2 Å². The van der Waals surface area contributed by atoms with Crippen LogP contribution in [0.15, 0.2) is 0 Å². The quantitative estimate of drug-likeness (QED) is 0.784. The molecule has 2 aliphatic heterocycles. The van der Waals surface area contributed by atoms with Gasteiger partial charge in [0.05, 0.1) is 6.10 Å². The highest BCUT2D eigenvalue weighted by Gasteiger charge is 2.20. The van der Waals surface area contributed by atoms with Gasteiger partial charge in [-0.2, -0.15) is 11.8 Å². The van der Waals surface area contributed by atoms with Crippen molar-refractivity contribution >= 4 is 17.7 Å². The van der Waals surface area contributed by atoms with Crippen LogP contribution in [0, 0.1) is 11.8 Å². The Bertz CT molecular complexity index is 313. The lowest BCUT2D eigenvalue weighted by Gasteiger charge is -2.31. The number of aliphatic hydroxyl groups is 1. The van der Waals surface area contributed by atoms with E-state index >= 15 is 0 Å². The number of carbonyl (C=O) groups excluding carboxylic acids is 1. The van der Waals surface area contributed by atoms with Crippen LogP contribution in [0.4, 0.5) is 0 Å². The summed E-state index contributed by atoms with van der Waals surface area (Å²) in [5, 5.41) is 13.0. The molecule has 2 saturated heterocycles. The van der Waals surface area contributed by atoms with Crippen LogP contribution in [0.1, 0.15) is 39.0 Å². The average molecular weight is 314 g/mol. The normalized spacial score (nSPS) is 23.9. The number of β-amino-alcohol motifs (C(OH)–C–C–N with tert-alkyl or cyclic N) is 1. The van der Waals surface area contributed by atoms with Gasteiger partial charge < -0.3 is 15.3 Å². The monoisotopic (exact) mass is 314 g/mol. The SMILES string of the molecule is CC1CCN(CC(O)CNC(=O)CC2CCSCC2)CC1. The van der Waals surface area contributed by atoms with Crippen LogP contribution < -0.4 is 5.32 Å². The Hall–Kier alpha value is -0.260. The van der Waals surface area contributed by atoms with Gasteiger partial charge in [-0.1, -0.05) is 6.92 Å². The van der Waals surface area contributed by atoms with Crippen molar-refractivity contribution < 1.29 is 9.90 Å². The van der Waals surface area contributed by atoms with Gasteiger partial charge in [-0.15, -0.1) is 0 Å². The van der Waals surface area contributed by atoms with Crippen LogP contribution in [-0.2, 0) is 4.79 Å². The zero-order valence-electron chi connectivity index (χ0n) is 13.2. The predicted molar refractivity (Wildman–Crippen MR) is 88.5 cm³/mol. The second-order valence-corrected chi connectivity index (χ2v) is 7.93. The van der Waals surface area contributed by atoms with E-state index < -0.39 is 6.10 Å². The molecular formula is C16H30N2O2S. The van der Waals surface area contributed by atoms with Crippen LogP contribution in [0.3, 0.4) is 0 Å². The summed E-state index contributed by atoms with van der Waals surface area (Å²) in [6.45, 7) is 5.52. The van der Waals surface area contributed by atoms with E-state index in [4.69, 9.17) is 0 Å². The maximum Gasteiger partial charge on any atom is 0.220 e. The number of amides is 1. The molecule has 0 aromatic rings. The van der Waals surface area contributed by atoms with Gasteiger partial charge >= 0.3 is 0 Å². The van der Waals surface area contributed by atoms with Gasteiger partial charge in [-0.25, -0.2) is 0 Å². The molecule has 21 heavy (non-hydrogen) atoms. The van der Waals surface area contributed by atoms with Gasteiger partial charge in [-0.05, 0) is 62.1 Å². The maximum absolute atomic E-state index is 11.9. The minimum Gasteiger partial charge on any atom is -0.390 e. The lowest BCUT2D eigenvalue weighted by molar-refractivity contribution is -0.122. The highest BCUT2D eigenvalue weighted by molar-refractivity contribution is 7.99. The largest absolute Gasteiger partial charge is 0.390 e. The van der Waals surface area contributed by atoms with E-state index in [1.807, 2.05) is 11.8 Å². The van der Waals surface area contributed by atoms with Crippen molar-refractivity contribution in [2.75, 3.05) is 37.7 Å². The summed E-state index contributed by atoms with van der Waals surface area (Å²) in [7, 11) is 0. The first-order valence-electron chi connectivity index (χ1n) is 8.38. The van der Waals surface area contributed by atoms with Crippen LogP contribution in [0.2, 0.25) is 0 Å². The van der Waals surface area contributed by atoms with E-state index in [0.717, 1.165) is 31.8 Å². The molecule has 2 aliphatic rings. The predicted octanol–water partition coefficient (Wildman–Crippen LogP) is 1.73. The highest BCUT2D eigenvalue weighted by Crippen LogP contribution is 2.25. The first-order valence-corrected chi connectivity index (χ1v) is 9.54. The molecule has 2 rings (SSSR count). The van der Waals surface area contributed by atoms with Crippen LogP contribution in [-0.4, -0.2) is 59.7 Å². The minimum absolute atomic E-state index is 0.109.